The molecule has 1 aromatic heterocycles. The van der Waals surface area contributed by atoms with Crippen LogP contribution in [0.4, 0.5) is 11.4 Å². The van der Waals surface area contributed by atoms with E-state index >= 15 is 0 Å². The second-order valence-electron chi connectivity index (χ2n) is 6.97. The molecule has 1 aliphatic rings. The van der Waals surface area contributed by atoms with Gasteiger partial charge in [-0.05, 0) is 48.2 Å². The molecule has 0 spiro atoms. The lowest BCUT2D eigenvalue weighted by molar-refractivity contribution is -0.117. The first-order valence-electron chi connectivity index (χ1n) is 9.48. The first-order valence-corrected chi connectivity index (χ1v) is 9.48. The van der Waals surface area contributed by atoms with E-state index in [0.29, 0.717) is 25.0 Å². The molecule has 2 heterocycles. The smallest absolute Gasteiger partial charge is 0.336 e. The van der Waals surface area contributed by atoms with Crippen LogP contribution in [0.25, 0.3) is 11.0 Å². The molecule has 6 nitrogen and oxygen atoms in total. The maximum Gasteiger partial charge on any atom is 0.336 e. The van der Waals surface area contributed by atoms with E-state index in [4.69, 9.17) is 4.42 Å². The van der Waals surface area contributed by atoms with Gasteiger partial charge in [0.15, 0.2) is 0 Å². The summed E-state index contributed by atoms with van der Waals surface area (Å²) in [6.45, 7) is 3.13. The number of benzene rings is 2. The number of amides is 1. The predicted molar refractivity (Wildman–Crippen MR) is 109 cm³/mol. The van der Waals surface area contributed by atoms with Gasteiger partial charge in [-0.15, -0.1) is 0 Å². The van der Waals surface area contributed by atoms with Crippen molar-refractivity contribution in [2.24, 2.45) is 0 Å². The molecule has 4 rings (SSSR count). The Kier molecular flexibility index (Phi) is 4.77. The van der Waals surface area contributed by atoms with Crippen molar-refractivity contribution < 1.29 is 14.3 Å². The van der Waals surface area contributed by atoms with E-state index in [1.807, 2.05) is 37.3 Å². The van der Waals surface area contributed by atoms with Gasteiger partial charge in [0.2, 0.25) is 5.91 Å². The fourth-order valence-electron chi connectivity index (χ4n) is 3.64. The third-order valence-electron chi connectivity index (χ3n) is 5.12. The minimum atomic E-state index is -0.454. The van der Waals surface area contributed by atoms with Gasteiger partial charge in [-0.2, -0.15) is 0 Å². The Bertz CT molecular complexity index is 1100. The van der Waals surface area contributed by atoms with Crippen LogP contribution in [-0.2, 0) is 17.8 Å². The number of hydrogen-bond acceptors (Lipinski definition) is 5. The number of carbonyl (C=O) groups excluding carboxylic acids is 1. The normalized spacial score (nSPS) is 14.0. The molecule has 3 aromatic rings. The second kappa shape index (κ2) is 7.38. The molecule has 144 valence electrons. The van der Waals surface area contributed by atoms with Gasteiger partial charge in [0.05, 0.1) is 0 Å². The molecule has 0 radical (unpaired) electrons. The molecule has 1 saturated heterocycles. The van der Waals surface area contributed by atoms with Crippen molar-refractivity contribution in [1.82, 2.24) is 0 Å². The highest BCUT2D eigenvalue weighted by atomic mass is 16.4. The Hall–Kier alpha value is -3.28. The highest BCUT2D eigenvalue weighted by Gasteiger charge is 2.21. The summed E-state index contributed by atoms with van der Waals surface area (Å²) < 4.78 is 5.25. The van der Waals surface area contributed by atoms with E-state index in [0.717, 1.165) is 40.9 Å². The molecule has 1 aliphatic heterocycles. The van der Waals surface area contributed by atoms with Crippen molar-refractivity contribution in [3.05, 3.63) is 64.0 Å². The highest BCUT2D eigenvalue weighted by Crippen LogP contribution is 2.28. The monoisotopic (exact) mass is 378 g/mol. The van der Waals surface area contributed by atoms with Gasteiger partial charge >= 0.3 is 5.63 Å². The van der Waals surface area contributed by atoms with Gasteiger partial charge < -0.3 is 19.7 Å². The standard InChI is InChI=1S/C22H22N2O4/c1-2-14-9-18-15(10-22(27)28-20(18)12-19(14)25)13-23-16-5-3-6-17(11-16)24-8-4-7-21(24)26/h3,5-6,9-12,23,25H,2,4,7-8,13H2,1H3. The summed E-state index contributed by atoms with van der Waals surface area (Å²) in [5.41, 5.74) is 3.26. The summed E-state index contributed by atoms with van der Waals surface area (Å²) in [6, 6.07) is 12.6. The molecule has 6 heteroatoms. The van der Waals surface area contributed by atoms with Crippen molar-refractivity contribution in [3.63, 3.8) is 0 Å². The average molecular weight is 378 g/mol. The van der Waals surface area contributed by atoms with Gasteiger partial charge in [0.25, 0.3) is 0 Å². The van der Waals surface area contributed by atoms with Crippen molar-refractivity contribution in [2.75, 3.05) is 16.8 Å². The molecule has 1 amide bonds. The van der Waals surface area contributed by atoms with Crippen molar-refractivity contribution in [2.45, 2.75) is 32.7 Å². The first kappa shape index (κ1) is 18.1. The topological polar surface area (TPSA) is 82.8 Å². The van der Waals surface area contributed by atoms with Crippen LogP contribution in [0, 0.1) is 0 Å². The fraction of sp³-hybridized carbons (Fsp3) is 0.273. The van der Waals surface area contributed by atoms with Gasteiger partial charge in [-0.25, -0.2) is 4.79 Å². The summed E-state index contributed by atoms with van der Waals surface area (Å²) in [5, 5.41) is 14.2. The van der Waals surface area contributed by atoms with E-state index in [9.17, 15) is 14.7 Å². The number of phenolic OH excluding ortho intramolecular Hbond substituents is 1. The van der Waals surface area contributed by atoms with E-state index in [-0.39, 0.29) is 11.7 Å². The number of nitrogens with one attached hydrogen (secondary N) is 1. The number of rotatable bonds is 5. The zero-order chi connectivity index (χ0) is 19.7. The van der Waals surface area contributed by atoms with Crippen molar-refractivity contribution >= 4 is 28.3 Å². The lowest BCUT2D eigenvalue weighted by atomic mass is 10.0. The first-order chi connectivity index (χ1) is 13.5. The summed E-state index contributed by atoms with van der Waals surface area (Å²) in [7, 11) is 0. The number of phenols is 1. The molecule has 0 saturated carbocycles. The number of fused-ring (bicyclic) bond motifs is 1. The molecule has 0 bridgehead atoms. The minimum absolute atomic E-state index is 0.131. The lowest BCUT2D eigenvalue weighted by Gasteiger charge is -2.17. The Balaban J connectivity index is 1.62. The van der Waals surface area contributed by atoms with Gasteiger partial charge in [-0.3, -0.25) is 4.79 Å². The van der Waals surface area contributed by atoms with Crippen LogP contribution < -0.4 is 15.8 Å². The van der Waals surface area contributed by atoms with Crippen LogP contribution in [0.2, 0.25) is 0 Å². The Morgan fingerprint density at radius 1 is 1.14 bits per heavy atom. The van der Waals surface area contributed by atoms with Gasteiger partial charge in [0.1, 0.15) is 11.3 Å². The molecule has 1 fully saturated rings. The number of aromatic hydroxyl groups is 1. The molecule has 2 N–H and O–H groups in total. The zero-order valence-electron chi connectivity index (χ0n) is 15.7. The third-order valence-corrected chi connectivity index (χ3v) is 5.12. The minimum Gasteiger partial charge on any atom is -0.508 e. The SMILES string of the molecule is CCc1cc2c(CNc3cccc(N4CCCC4=O)c3)cc(=O)oc2cc1O. The number of carbonyl (C=O) groups is 1. The summed E-state index contributed by atoms with van der Waals surface area (Å²) in [5.74, 6) is 0.280. The molecule has 0 aliphatic carbocycles. The summed E-state index contributed by atoms with van der Waals surface area (Å²) in [4.78, 5) is 25.7. The number of hydrogen-bond donors (Lipinski definition) is 2. The van der Waals surface area contributed by atoms with Gasteiger partial charge in [0, 0.05) is 48.4 Å². The van der Waals surface area contributed by atoms with E-state index in [1.165, 1.54) is 12.1 Å². The van der Waals surface area contributed by atoms with Crippen LogP contribution in [0.15, 0.2) is 51.7 Å². The van der Waals surface area contributed by atoms with Gasteiger partial charge in [-0.1, -0.05) is 13.0 Å². The number of anilines is 2. The Labute approximate surface area is 162 Å². The average Bonchev–Trinajstić information content (AvgIpc) is 3.11. The summed E-state index contributed by atoms with van der Waals surface area (Å²) >= 11 is 0. The molecule has 28 heavy (non-hydrogen) atoms. The van der Waals surface area contributed by atoms with E-state index in [2.05, 4.69) is 5.32 Å². The quantitative estimate of drug-likeness (QED) is 0.660. The molecule has 2 aromatic carbocycles. The molecular formula is C22H22N2O4. The van der Waals surface area contributed by atoms with Crippen LogP contribution >= 0.6 is 0 Å². The molecule has 0 atom stereocenters. The molecular weight excluding hydrogens is 356 g/mol. The van der Waals surface area contributed by atoms with Crippen LogP contribution in [-0.4, -0.2) is 17.6 Å². The maximum absolute atomic E-state index is 12.0. The highest BCUT2D eigenvalue weighted by molar-refractivity contribution is 5.95. The summed E-state index contributed by atoms with van der Waals surface area (Å²) in [6.07, 6.45) is 2.16. The zero-order valence-corrected chi connectivity index (χ0v) is 15.7. The predicted octanol–water partition coefficient (Wildman–Crippen LogP) is 3.80. The van der Waals surface area contributed by atoms with E-state index < -0.39 is 5.63 Å². The largest absolute Gasteiger partial charge is 0.508 e. The number of aryl methyl sites for hydroxylation is 1. The second-order valence-corrected chi connectivity index (χ2v) is 6.97. The third kappa shape index (κ3) is 3.45. The van der Waals surface area contributed by atoms with Crippen LogP contribution in [0.5, 0.6) is 5.75 Å². The Morgan fingerprint density at radius 2 is 2.00 bits per heavy atom. The molecule has 0 unspecified atom stereocenters. The van der Waals surface area contributed by atoms with Crippen LogP contribution in [0.1, 0.15) is 30.9 Å². The van der Waals surface area contributed by atoms with E-state index in [1.54, 1.807) is 4.90 Å². The number of nitrogens with zero attached hydrogens (tertiary/aromatic N) is 1. The van der Waals surface area contributed by atoms with Crippen LogP contribution in [0.3, 0.4) is 0 Å². The Morgan fingerprint density at radius 3 is 2.75 bits per heavy atom. The fourth-order valence-corrected chi connectivity index (χ4v) is 3.64. The lowest BCUT2D eigenvalue weighted by Crippen LogP contribution is -2.23. The van der Waals surface area contributed by atoms with Crippen molar-refractivity contribution in [3.8, 4) is 5.75 Å². The maximum atomic E-state index is 12.0. The van der Waals surface area contributed by atoms with Crippen molar-refractivity contribution in [1.29, 1.82) is 0 Å².